The van der Waals surface area contributed by atoms with Gasteiger partial charge < -0.3 is 11.1 Å². The Balaban J connectivity index is 1.85. The fraction of sp³-hybridized carbons (Fsp3) is 1.00. The number of hydrogen-bond donors (Lipinski definition) is 2. The molecule has 0 aromatic rings. The topological polar surface area (TPSA) is 38.0 Å². The molecule has 2 bridgehead atoms. The van der Waals surface area contributed by atoms with Crippen molar-refractivity contribution in [3.63, 3.8) is 0 Å². The molecule has 0 heterocycles. The summed E-state index contributed by atoms with van der Waals surface area (Å²) in [6.07, 6.45) is 3.98. The third-order valence-corrected chi connectivity index (χ3v) is 3.17. The predicted molar refractivity (Wildman–Crippen MR) is 46.3 cm³/mol. The largest absolute Gasteiger partial charge is 0.330 e. The van der Waals surface area contributed by atoms with Crippen LogP contribution in [-0.4, -0.2) is 18.1 Å². The van der Waals surface area contributed by atoms with E-state index in [1.807, 2.05) is 0 Å². The molecule has 0 aromatic carbocycles. The first-order valence-corrected chi connectivity index (χ1v) is 4.58. The van der Waals surface area contributed by atoms with E-state index in [0.29, 0.717) is 17.0 Å². The van der Waals surface area contributed by atoms with Gasteiger partial charge in [0.1, 0.15) is 0 Å². The third-order valence-electron chi connectivity index (χ3n) is 3.17. The van der Waals surface area contributed by atoms with Crippen LogP contribution in [0.4, 0.5) is 0 Å². The lowest BCUT2D eigenvalue weighted by Crippen LogP contribution is -2.76. The van der Waals surface area contributed by atoms with Crippen LogP contribution < -0.4 is 11.1 Å². The van der Waals surface area contributed by atoms with Crippen molar-refractivity contribution >= 4 is 0 Å². The normalized spacial score (nSPS) is 46.9. The molecular formula is C9H18N2. The predicted octanol–water partition coefficient (Wildman–Crippen LogP) is 0.866. The Morgan fingerprint density at radius 2 is 1.91 bits per heavy atom. The second kappa shape index (κ2) is 1.99. The summed E-state index contributed by atoms with van der Waals surface area (Å²) in [5.41, 5.74) is 6.76. The Labute approximate surface area is 68.5 Å². The second-order valence-corrected chi connectivity index (χ2v) is 4.81. The van der Waals surface area contributed by atoms with Crippen LogP contribution >= 0.6 is 0 Å². The third kappa shape index (κ3) is 0.926. The molecule has 0 radical (unpaired) electrons. The van der Waals surface area contributed by atoms with E-state index < -0.39 is 0 Å². The zero-order valence-corrected chi connectivity index (χ0v) is 7.48. The molecule has 3 N–H and O–H groups in total. The molecule has 3 rings (SSSR count). The van der Waals surface area contributed by atoms with Crippen LogP contribution in [0.3, 0.4) is 0 Å². The van der Waals surface area contributed by atoms with Gasteiger partial charge in [-0.25, -0.2) is 0 Å². The van der Waals surface area contributed by atoms with Crippen molar-refractivity contribution in [2.24, 2.45) is 11.1 Å². The summed E-state index contributed by atoms with van der Waals surface area (Å²) in [7, 11) is 0. The molecule has 3 fully saturated rings. The molecule has 64 valence electrons. The Morgan fingerprint density at radius 1 is 1.36 bits per heavy atom. The molecule has 0 saturated heterocycles. The van der Waals surface area contributed by atoms with Crippen molar-refractivity contribution in [2.75, 3.05) is 6.54 Å². The van der Waals surface area contributed by atoms with E-state index in [4.69, 9.17) is 5.73 Å². The quantitative estimate of drug-likeness (QED) is 0.633. The van der Waals surface area contributed by atoms with Crippen LogP contribution in [0.15, 0.2) is 0 Å². The molecule has 3 saturated carbocycles. The van der Waals surface area contributed by atoms with Gasteiger partial charge in [-0.1, -0.05) is 13.8 Å². The van der Waals surface area contributed by atoms with Gasteiger partial charge in [0, 0.05) is 11.6 Å². The maximum absolute atomic E-state index is 5.67. The van der Waals surface area contributed by atoms with Crippen molar-refractivity contribution in [1.82, 2.24) is 5.32 Å². The highest BCUT2D eigenvalue weighted by atomic mass is 15.1. The number of hydrogen-bond acceptors (Lipinski definition) is 2. The SMILES string of the molecule is CC(C)NC12CC(CN)(C1)C2. The van der Waals surface area contributed by atoms with Crippen molar-refractivity contribution in [3.8, 4) is 0 Å². The van der Waals surface area contributed by atoms with Gasteiger partial charge in [-0.2, -0.15) is 0 Å². The highest BCUT2D eigenvalue weighted by Gasteiger charge is 2.66. The average Bonchev–Trinajstić information content (AvgIpc) is 1.74. The zero-order chi connectivity index (χ0) is 8.11. The van der Waals surface area contributed by atoms with Gasteiger partial charge >= 0.3 is 0 Å². The van der Waals surface area contributed by atoms with Gasteiger partial charge in [0.15, 0.2) is 0 Å². The van der Waals surface area contributed by atoms with Crippen LogP contribution in [0.1, 0.15) is 33.1 Å². The molecule has 3 aliphatic carbocycles. The maximum atomic E-state index is 5.67. The molecule has 0 atom stereocenters. The van der Waals surface area contributed by atoms with Crippen LogP contribution in [-0.2, 0) is 0 Å². The molecule has 2 nitrogen and oxygen atoms in total. The Hall–Kier alpha value is -0.0800. The van der Waals surface area contributed by atoms with E-state index in [9.17, 15) is 0 Å². The van der Waals surface area contributed by atoms with Crippen LogP contribution in [0, 0.1) is 5.41 Å². The lowest BCUT2D eigenvalue weighted by Gasteiger charge is -2.71. The van der Waals surface area contributed by atoms with Crippen LogP contribution in [0.25, 0.3) is 0 Å². The molecule has 0 spiro atoms. The van der Waals surface area contributed by atoms with Crippen LogP contribution in [0.2, 0.25) is 0 Å². The summed E-state index contributed by atoms with van der Waals surface area (Å²) in [5.74, 6) is 0. The summed E-state index contributed by atoms with van der Waals surface area (Å²) in [6.45, 7) is 5.33. The minimum absolute atomic E-state index is 0.521. The summed E-state index contributed by atoms with van der Waals surface area (Å²) in [6, 6.07) is 0.631. The summed E-state index contributed by atoms with van der Waals surface area (Å²) in [5, 5.41) is 3.63. The van der Waals surface area contributed by atoms with E-state index in [1.165, 1.54) is 19.3 Å². The van der Waals surface area contributed by atoms with Gasteiger partial charge in [-0.15, -0.1) is 0 Å². The molecule has 11 heavy (non-hydrogen) atoms. The molecule has 0 amide bonds. The molecular weight excluding hydrogens is 136 g/mol. The van der Waals surface area contributed by atoms with Gasteiger partial charge in [0.05, 0.1) is 0 Å². The van der Waals surface area contributed by atoms with Gasteiger partial charge in [-0.3, -0.25) is 0 Å². The number of nitrogens with one attached hydrogen (secondary N) is 1. The summed E-state index contributed by atoms with van der Waals surface area (Å²) >= 11 is 0. The van der Waals surface area contributed by atoms with Gasteiger partial charge in [0.2, 0.25) is 0 Å². The average molecular weight is 154 g/mol. The lowest BCUT2D eigenvalue weighted by molar-refractivity contribution is -0.150. The first-order valence-electron chi connectivity index (χ1n) is 4.58. The maximum Gasteiger partial charge on any atom is 0.0201 e. The van der Waals surface area contributed by atoms with Crippen molar-refractivity contribution < 1.29 is 0 Å². The van der Waals surface area contributed by atoms with Crippen molar-refractivity contribution in [2.45, 2.75) is 44.7 Å². The summed E-state index contributed by atoms with van der Waals surface area (Å²) < 4.78 is 0. The van der Waals surface area contributed by atoms with Crippen molar-refractivity contribution in [1.29, 1.82) is 0 Å². The minimum Gasteiger partial charge on any atom is -0.330 e. The van der Waals surface area contributed by atoms with E-state index in [-0.39, 0.29) is 0 Å². The highest BCUT2D eigenvalue weighted by molar-refractivity contribution is 5.23. The Kier molecular flexibility index (Phi) is 1.37. The first kappa shape index (κ1) is 7.56. The molecule has 2 heteroatoms. The highest BCUT2D eigenvalue weighted by Crippen LogP contribution is 2.66. The minimum atomic E-state index is 0.521. The Bertz CT molecular complexity index is 155. The second-order valence-electron chi connectivity index (χ2n) is 4.81. The smallest absolute Gasteiger partial charge is 0.0201 e. The van der Waals surface area contributed by atoms with Gasteiger partial charge in [0.25, 0.3) is 0 Å². The number of nitrogens with two attached hydrogens (primary N) is 1. The monoisotopic (exact) mass is 154 g/mol. The van der Waals surface area contributed by atoms with E-state index in [1.54, 1.807) is 0 Å². The summed E-state index contributed by atoms with van der Waals surface area (Å²) in [4.78, 5) is 0. The number of rotatable bonds is 3. The van der Waals surface area contributed by atoms with Crippen molar-refractivity contribution in [3.05, 3.63) is 0 Å². The molecule has 0 aromatic heterocycles. The zero-order valence-electron chi connectivity index (χ0n) is 7.48. The Morgan fingerprint density at radius 3 is 2.27 bits per heavy atom. The lowest BCUT2D eigenvalue weighted by atomic mass is 9.39. The fourth-order valence-electron chi connectivity index (χ4n) is 2.98. The standard InChI is InChI=1S/C9H18N2/c1-7(2)11-9-3-8(4-9,5-9)6-10/h7,11H,3-6,10H2,1-2H3. The molecule has 3 aliphatic rings. The van der Waals surface area contributed by atoms with E-state index in [2.05, 4.69) is 19.2 Å². The fourth-order valence-corrected chi connectivity index (χ4v) is 2.98. The van der Waals surface area contributed by atoms with E-state index in [0.717, 1.165) is 6.54 Å². The molecule has 0 aliphatic heterocycles. The van der Waals surface area contributed by atoms with Gasteiger partial charge in [-0.05, 0) is 31.2 Å². The van der Waals surface area contributed by atoms with Crippen LogP contribution in [0.5, 0.6) is 0 Å². The first-order chi connectivity index (χ1) is 5.10. The van der Waals surface area contributed by atoms with E-state index >= 15 is 0 Å². The molecule has 0 unspecified atom stereocenters.